The van der Waals surface area contributed by atoms with Crippen molar-refractivity contribution in [2.75, 3.05) is 13.1 Å². The van der Waals surface area contributed by atoms with Crippen molar-refractivity contribution in [3.63, 3.8) is 0 Å². The first-order valence-corrected chi connectivity index (χ1v) is 11.4. The lowest BCUT2D eigenvalue weighted by Crippen LogP contribution is -2.23. The van der Waals surface area contributed by atoms with Crippen LogP contribution in [0.2, 0.25) is 5.02 Å². The molecule has 1 atom stereocenters. The van der Waals surface area contributed by atoms with Crippen LogP contribution >= 0.6 is 24.0 Å². The number of halogens is 2. The summed E-state index contributed by atoms with van der Waals surface area (Å²) < 4.78 is 25.4. The Hall–Kier alpha value is -2.42. The fourth-order valence-corrected chi connectivity index (χ4v) is 4.51. The molecule has 32 heavy (non-hydrogen) atoms. The first-order chi connectivity index (χ1) is 14.8. The van der Waals surface area contributed by atoms with E-state index in [1.165, 1.54) is 36.4 Å². The van der Waals surface area contributed by atoms with Gasteiger partial charge in [0.1, 0.15) is 0 Å². The van der Waals surface area contributed by atoms with Crippen LogP contribution in [-0.4, -0.2) is 37.7 Å². The van der Waals surface area contributed by atoms with Gasteiger partial charge in [-0.2, -0.15) is 0 Å². The van der Waals surface area contributed by atoms with Gasteiger partial charge in [0.2, 0.25) is 9.84 Å². The second-order valence-corrected chi connectivity index (χ2v) is 9.39. The van der Waals surface area contributed by atoms with Crippen molar-refractivity contribution in [3.8, 4) is 0 Å². The Morgan fingerprint density at radius 3 is 2.12 bits per heavy atom. The van der Waals surface area contributed by atoms with Gasteiger partial charge in [-0.3, -0.25) is 0 Å². The number of sulfone groups is 1. The van der Waals surface area contributed by atoms with Gasteiger partial charge in [-0.25, -0.2) is 13.2 Å². The highest BCUT2D eigenvalue weighted by Gasteiger charge is 2.18. The van der Waals surface area contributed by atoms with Gasteiger partial charge in [-0.15, -0.1) is 12.4 Å². The minimum absolute atomic E-state index is 0. The normalized spacial score (nSPS) is 12.1. The maximum absolute atomic E-state index is 12.7. The third-order valence-electron chi connectivity index (χ3n) is 4.81. The number of carboxylic acids is 1. The number of aliphatic hydroxyl groups is 1. The summed E-state index contributed by atoms with van der Waals surface area (Å²) in [5, 5.41) is 22.9. The Bertz CT molecular complexity index is 1150. The number of hydrogen-bond acceptors (Lipinski definition) is 5. The summed E-state index contributed by atoms with van der Waals surface area (Å²) in [7, 11) is -3.72. The molecule has 0 radical (unpaired) electrons. The highest BCUT2D eigenvalue weighted by atomic mass is 35.5. The fourth-order valence-electron chi connectivity index (χ4n) is 3.05. The summed E-state index contributed by atoms with van der Waals surface area (Å²) in [6.45, 7) is 0.986. The first kappa shape index (κ1) is 25.8. The monoisotopic (exact) mass is 495 g/mol. The van der Waals surface area contributed by atoms with Crippen molar-refractivity contribution < 1.29 is 23.4 Å². The highest BCUT2D eigenvalue weighted by Crippen LogP contribution is 2.22. The van der Waals surface area contributed by atoms with Gasteiger partial charge in [0.15, 0.2) is 0 Å². The molecule has 0 unspecified atom stereocenters. The summed E-state index contributed by atoms with van der Waals surface area (Å²) in [5.74, 6) is -1.11. The molecule has 0 spiro atoms. The molecule has 0 aliphatic carbocycles. The van der Waals surface area contributed by atoms with E-state index in [0.717, 1.165) is 11.1 Å². The van der Waals surface area contributed by atoms with Gasteiger partial charge in [-0.1, -0.05) is 35.9 Å². The maximum atomic E-state index is 12.7. The van der Waals surface area contributed by atoms with Gasteiger partial charge < -0.3 is 15.5 Å². The number of benzene rings is 3. The van der Waals surface area contributed by atoms with Crippen molar-refractivity contribution in [2.24, 2.45) is 0 Å². The molecular weight excluding hydrogens is 473 g/mol. The Labute approximate surface area is 198 Å². The van der Waals surface area contributed by atoms with Crippen molar-refractivity contribution in [3.05, 3.63) is 94.5 Å². The van der Waals surface area contributed by atoms with E-state index in [1.54, 1.807) is 30.3 Å². The van der Waals surface area contributed by atoms with Gasteiger partial charge in [0.05, 0.1) is 21.5 Å². The van der Waals surface area contributed by atoms with Crippen LogP contribution in [-0.2, 0) is 16.3 Å². The predicted molar refractivity (Wildman–Crippen MR) is 126 cm³/mol. The molecule has 9 heteroatoms. The molecule has 3 N–H and O–H groups in total. The largest absolute Gasteiger partial charge is 0.478 e. The molecule has 0 aliphatic rings. The summed E-state index contributed by atoms with van der Waals surface area (Å²) >= 11 is 5.94. The lowest BCUT2D eigenvalue weighted by atomic mass is 10.1. The second kappa shape index (κ2) is 11.4. The molecule has 3 aromatic rings. The van der Waals surface area contributed by atoms with E-state index >= 15 is 0 Å². The zero-order valence-corrected chi connectivity index (χ0v) is 19.3. The lowest BCUT2D eigenvalue weighted by Gasteiger charge is -2.12. The van der Waals surface area contributed by atoms with Crippen LogP contribution in [0.5, 0.6) is 0 Å². The number of nitrogens with one attached hydrogen (secondary N) is 1. The van der Waals surface area contributed by atoms with Crippen LogP contribution in [0.3, 0.4) is 0 Å². The quantitative estimate of drug-likeness (QED) is 0.385. The number of rotatable bonds is 9. The van der Waals surface area contributed by atoms with Crippen LogP contribution < -0.4 is 5.32 Å². The Morgan fingerprint density at radius 1 is 0.969 bits per heavy atom. The van der Waals surface area contributed by atoms with Gasteiger partial charge in [-0.05, 0) is 72.6 Å². The molecule has 3 aromatic carbocycles. The molecule has 6 nitrogen and oxygen atoms in total. The third kappa shape index (κ3) is 6.54. The molecule has 0 saturated carbocycles. The zero-order chi connectivity index (χ0) is 22.4. The minimum Gasteiger partial charge on any atom is -0.478 e. The average Bonchev–Trinajstić information content (AvgIpc) is 2.77. The molecule has 0 bridgehead atoms. The Balaban J connectivity index is 0.00000363. The molecular formula is C23H23Cl2NO5S. The smallest absolute Gasteiger partial charge is 0.335 e. The van der Waals surface area contributed by atoms with Crippen LogP contribution in [0, 0.1) is 0 Å². The van der Waals surface area contributed by atoms with E-state index in [0.29, 0.717) is 24.5 Å². The summed E-state index contributed by atoms with van der Waals surface area (Å²) in [6.07, 6.45) is -0.00524. The molecule has 0 heterocycles. The molecule has 0 aliphatic heterocycles. The van der Waals surface area contributed by atoms with Crippen LogP contribution in [0.4, 0.5) is 0 Å². The SMILES string of the molecule is Cl.O=C(O)c1ccc(S(=O)(=O)c2ccc(CCNC[C@H](O)c3cccc(Cl)c3)cc2)cc1. The average molecular weight is 496 g/mol. The summed E-state index contributed by atoms with van der Waals surface area (Å²) in [6, 6.07) is 18.8. The third-order valence-corrected chi connectivity index (χ3v) is 6.83. The van der Waals surface area contributed by atoms with Crippen molar-refractivity contribution in [1.29, 1.82) is 0 Å². The van der Waals surface area contributed by atoms with E-state index in [2.05, 4.69) is 5.32 Å². The topological polar surface area (TPSA) is 104 Å². The second-order valence-electron chi connectivity index (χ2n) is 7.00. The summed E-state index contributed by atoms with van der Waals surface area (Å²) in [4.78, 5) is 11.1. The molecule has 0 saturated heterocycles. The van der Waals surface area contributed by atoms with E-state index < -0.39 is 21.9 Å². The minimum atomic E-state index is -3.72. The highest BCUT2D eigenvalue weighted by molar-refractivity contribution is 7.91. The van der Waals surface area contributed by atoms with Gasteiger partial charge in [0.25, 0.3) is 0 Å². The number of carboxylic acid groups (broad SMARTS) is 1. The van der Waals surface area contributed by atoms with Crippen molar-refractivity contribution >= 4 is 39.8 Å². The van der Waals surface area contributed by atoms with Gasteiger partial charge in [0, 0.05) is 11.6 Å². The lowest BCUT2D eigenvalue weighted by molar-refractivity contribution is 0.0696. The molecule has 3 rings (SSSR count). The van der Waals surface area contributed by atoms with E-state index in [-0.39, 0.29) is 27.8 Å². The van der Waals surface area contributed by atoms with Crippen LogP contribution in [0.25, 0.3) is 0 Å². The number of hydrogen-bond donors (Lipinski definition) is 3. The fraction of sp³-hybridized carbons (Fsp3) is 0.174. The van der Waals surface area contributed by atoms with Gasteiger partial charge >= 0.3 is 5.97 Å². The molecule has 0 aromatic heterocycles. The zero-order valence-electron chi connectivity index (χ0n) is 16.9. The van der Waals surface area contributed by atoms with Crippen molar-refractivity contribution in [1.82, 2.24) is 5.32 Å². The predicted octanol–water partition coefficient (Wildman–Crippen LogP) is 4.16. The van der Waals surface area contributed by atoms with Crippen molar-refractivity contribution in [2.45, 2.75) is 22.3 Å². The molecule has 0 fully saturated rings. The summed E-state index contributed by atoms with van der Waals surface area (Å²) in [5.41, 5.74) is 1.72. The first-order valence-electron chi connectivity index (χ1n) is 9.59. The van der Waals surface area contributed by atoms with E-state index in [1.807, 2.05) is 6.07 Å². The maximum Gasteiger partial charge on any atom is 0.335 e. The number of aromatic carboxylic acids is 1. The van der Waals surface area contributed by atoms with E-state index in [9.17, 15) is 18.3 Å². The van der Waals surface area contributed by atoms with E-state index in [4.69, 9.17) is 16.7 Å². The standard InChI is InChI=1S/C23H22ClNO5S.ClH/c24-19-3-1-2-18(14-19)22(26)15-25-13-12-16-4-8-20(9-5-16)31(29,30)21-10-6-17(7-11-21)23(27)28;/h1-11,14,22,25-26H,12-13,15H2,(H,27,28);1H/t22-;/m0./s1. The molecule has 0 amide bonds. The Kier molecular flexibility index (Phi) is 9.24. The number of carbonyl (C=O) groups is 1. The number of aliphatic hydroxyl groups excluding tert-OH is 1. The van der Waals surface area contributed by atoms with Crippen LogP contribution in [0.1, 0.15) is 27.6 Å². The Morgan fingerprint density at radius 2 is 1.56 bits per heavy atom. The van der Waals surface area contributed by atoms with Crippen LogP contribution in [0.15, 0.2) is 82.6 Å². The molecule has 170 valence electrons.